The first-order chi connectivity index (χ1) is 11.2. The van der Waals surface area contributed by atoms with Crippen LogP contribution in [-0.4, -0.2) is 26.2 Å². The lowest BCUT2D eigenvalue weighted by Crippen LogP contribution is -2.07. The van der Waals surface area contributed by atoms with Crippen molar-refractivity contribution in [3.63, 3.8) is 0 Å². The van der Waals surface area contributed by atoms with Gasteiger partial charge >= 0.3 is 0 Å². The van der Waals surface area contributed by atoms with Crippen molar-refractivity contribution >= 4 is 17.3 Å². The monoisotopic (exact) mass is 309 g/mol. The molecule has 2 aromatic heterocycles. The van der Waals surface area contributed by atoms with Crippen molar-refractivity contribution in [2.75, 3.05) is 11.9 Å². The molecule has 0 bridgehead atoms. The fraction of sp³-hybridized carbons (Fsp3) is 0.353. The van der Waals surface area contributed by atoms with Crippen LogP contribution in [0, 0.1) is 6.92 Å². The van der Waals surface area contributed by atoms with Gasteiger partial charge in [-0.3, -0.25) is 0 Å². The van der Waals surface area contributed by atoms with Crippen LogP contribution in [0.25, 0.3) is 5.78 Å². The van der Waals surface area contributed by atoms with Gasteiger partial charge in [-0.1, -0.05) is 0 Å². The van der Waals surface area contributed by atoms with E-state index < -0.39 is 0 Å². The number of fused-ring (bicyclic) bond motifs is 2. The molecule has 0 unspecified atom stereocenters. The van der Waals surface area contributed by atoms with Crippen LogP contribution in [0.15, 0.2) is 24.3 Å². The van der Waals surface area contributed by atoms with Crippen LogP contribution in [0.2, 0.25) is 0 Å². The molecule has 4 rings (SSSR count). The molecule has 0 saturated carbocycles. The first-order valence-corrected chi connectivity index (χ1v) is 7.99. The zero-order valence-electron chi connectivity index (χ0n) is 13.3. The van der Waals surface area contributed by atoms with Crippen molar-refractivity contribution < 1.29 is 4.74 Å². The first kappa shape index (κ1) is 14.0. The van der Waals surface area contributed by atoms with Crippen LogP contribution in [0.3, 0.4) is 0 Å². The molecule has 118 valence electrons. The van der Waals surface area contributed by atoms with Gasteiger partial charge in [0.05, 0.1) is 12.3 Å². The summed E-state index contributed by atoms with van der Waals surface area (Å²) in [5.41, 5.74) is 3.39. The summed E-state index contributed by atoms with van der Waals surface area (Å²) in [5, 5.41) is 7.98. The SMILES string of the molecule is CCOc1ccc(Nc2c3c(nc4nc(C)nn24)CCC3)cc1. The average Bonchev–Trinajstić information content (AvgIpc) is 3.14. The lowest BCUT2D eigenvalue weighted by molar-refractivity contribution is 0.340. The number of hydrogen-bond acceptors (Lipinski definition) is 5. The highest BCUT2D eigenvalue weighted by Gasteiger charge is 2.21. The molecule has 3 aromatic rings. The third kappa shape index (κ3) is 2.50. The van der Waals surface area contributed by atoms with Gasteiger partial charge in [-0.25, -0.2) is 4.98 Å². The Balaban J connectivity index is 1.75. The molecule has 6 heteroatoms. The van der Waals surface area contributed by atoms with Crippen molar-refractivity contribution in [1.29, 1.82) is 0 Å². The molecule has 6 nitrogen and oxygen atoms in total. The summed E-state index contributed by atoms with van der Waals surface area (Å²) >= 11 is 0. The fourth-order valence-electron chi connectivity index (χ4n) is 3.05. The van der Waals surface area contributed by atoms with Gasteiger partial charge in [-0.2, -0.15) is 9.50 Å². The molecule has 1 aliphatic carbocycles. The number of ether oxygens (including phenoxy) is 1. The van der Waals surface area contributed by atoms with Crippen molar-refractivity contribution in [3.05, 3.63) is 41.3 Å². The van der Waals surface area contributed by atoms with Crippen molar-refractivity contribution in [1.82, 2.24) is 19.6 Å². The Kier molecular flexibility index (Phi) is 3.37. The van der Waals surface area contributed by atoms with Gasteiger partial charge in [-0.15, -0.1) is 5.10 Å². The van der Waals surface area contributed by atoms with Crippen molar-refractivity contribution in [3.8, 4) is 5.75 Å². The van der Waals surface area contributed by atoms with E-state index in [1.807, 2.05) is 42.6 Å². The third-order valence-electron chi connectivity index (χ3n) is 4.05. The number of hydrogen-bond donors (Lipinski definition) is 1. The minimum Gasteiger partial charge on any atom is -0.494 e. The summed E-state index contributed by atoms with van der Waals surface area (Å²) in [4.78, 5) is 9.06. The number of benzene rings is 1. The van der Waals surface area contributed by atoms with E-state index in [1.165, 1.54) is 5.56 Å². The van der Waals surface area contributed by atoms with Gasteiger partial charge in [0.15, 0.2) is 0 Å². The number of nitrogens with zero attached hydrogens (tertiary/aromatic N) is 4. The topological polar surface area (TPSA) is 64.3 Å². The molecular weight excluding hydrogens is 290 g/mol. The van der Waals surface area contributed by atoms with E-state index in [9.17, 15) is 0 Å². The predicted octanol–water partition coefficient (Wildman–Crippen LogP) is 3.06. The predicted molar refractivity (Wildman–Crippen MR) is 88.4 cm³/mol. The van der Waals surface area contributed by atoms with Crippen LogP contribution in [0.5, 0.6) is 5.75 Å². The van der Waals surface area contributed by atoms with Crippen LogP contribution >= 0.6 is 0 Å². The second kappa shape index (κ2) is 5.53. The highest BCUT2D eigenvalue weighted by molar-refractivity contribution is 5.64. The summed E-state index contributed by atoms with van der Waals surface area (Å²) in [5.74, 6) is 3.25. The van der Waals surface area contributed by atoms with E-state index in [0.717, 1.165) is 48.0 Å². The quantitative estimate of drug-likeness (QED) is 0.802. The summed E-state index contributed by atoms with van der Waals surface area (Å²) in [7, 11) is 0. The van der Waals surface area contributed by atoms with E-state index in [0.29, 0.717) is 12.4 Å². The molecule has 23 heavy (non-hydrogen) atoms. The Morgan fingerprint density at radius 2 is 2.00 bits per heavy atom. The van der Waals surface area contributed by atoms with E-state index >= 15 is 0 Å². The molecule has 1 aliphatic rings. The number of nitrogens with one attached hydrogen (secondary N) is 1. The molecule has 0 spiro atoms. The summed E-state index contributed by atoms with van der Waals surface area (Å²) in [6, 6.07) is 7.97. The molecule has 2 heterocycles. The Morgan fingerprint density at radius 3 is 2.78 bits per heavy atom. The van der Waals surface area contributed by atoms with E-state index in [4.69, 9.17) is 4.74 Å². The molecule has 1 aromatic carbocycles. The summed E-state index contributed by atoms with van der Waals surface area (Å²) < 4.78 is 7.31. The van der Waals surface area contributed by atoms with Crippen LogP contribution in [0.4, 0.5) is 11.5 Å². The molecular formula is C17H19N5O. The van der Waals surface area contributed by atoms with Gasteiger partial charge in [0, 0.05) is 11.3 Å². The minimum atomic E-state index is 0.664. The highest BCUT2D eigenvalue weighted by Crippen LogP contribution is 2.30. The Bertz CT molecular complexity index is 854. The van der Waals surface area contributed by atoms with Crippen molar-refractivity contribution in [2.45, 2.75) is 33.1 Å². The molecule has 1 N–H and O–H groups in total. The zero-order valence-corrected chi connectivity index (χ0v) is 13.3. The van der Waals surface area contributed by atoms with Crippen molar-refractivity contribution in [2.24, 2.45) is 0 Å². The lowest BCUT2D eigenvalue weighted by Gasteiger charge is -2.13. The maximum atomic E-state index is 5.49. The van der Waals surface area contributed by atoms with E-state index in [2.05, 4.69) is 20.4 Å². The zero-order chi connectivity index (χ0) is 15.8. The fourth-order valence-corrected chi connectivity index (χ4v) is 3.05. The highest BCUT2D eigenvalue weighted by atomic mass is 16.5. The molecule has 0 saturated heterocycles. The average molecular weight is 309 g/mol. The molecule has 0 aliphatic heterocycles. The largest absolute Gasteiger partial charge is 0.494 e. The third-order valence-corrected chi connectivity index (χ3v) is 4.05. The molecule has 0 atom stereocenters. The Labute approximate surface area is 134 Å². The Morgan fingerprint density at radius 1 is 1.17 bits per heavy atom. The molecule has 0 amide bonds. The molecule has 0 fully saturated rings. The summed E-state index contributed by atoms with van der Waals surface area (Å²) in [6.07, 6.45) is 3.17. The van der Waals surface area contributed by atoms with Gasteiger partial charge in [0.25, 0.3) is 5.78 Å². The first-order valence-electron chi connectivity index (χ1n) is 7.99. The maximum Gasteiger partial charge on any atom is 0.254 e. The second-order valence-corrected chi connectivity index (χ2v) is 5.69. The van der Waals surface area contributed by atoms with Gasteiger partial charge in [-0.05, 0) is 57.4 Å². The lowest BCUT2D eigenvalue weighted by atomic mass is 10.2. The van der Waals surface area contributed by atoms with Crippen LogP contribution < -0.4 is 10.1 Å². The maximum absolute atomic E-state index is 5.49. The number of aryl methyl sites for hydroxylation is 2. The normalized spacial score (nSPS) is 13.3. The molecule has 0 radical (unpaired) electrons. The Hall–Kier alpha value is -2.63. The van der Waals surface area contributed by atoms with Gasteiger partial charge in [0.2, 0.25) is 0 Å². The van der Waals surface area contributed by atoms with E-state index in [1.54, 1.807) is 0 Å². The van der Waals surface area contributed by atoms with E-state index in [-0.39, 0.29) is 0 Å². The number of rotatable bonds is 4. The standard InChI is InChI=1S/C17H19N5O/c1-3-23-13-9-7-12(8-10-13)19-16-14-5-4-6-15(14)20-17-18-11(2)21-22(16)17/h7-10,19H,3-6H2,1-2H3. The van der Waals surface area contributed by atoms with Gasteiger partial charge < -0.3 is 10.1 Å². The second-order valence-electron chi connectivity index (χ2n) is 5.69. The smallest absolute Gasteiger partial charge is 0.254 e. The number of aromatic nitrogens is 4. The van der Waals surface area contributed by atoms with Crippen LogP contribution in [0.1, 0.15) is 30.4 Å². The van der Waals surface area contributed by atoms with Crippen LogP contribution in [-0.2, 0) is 12.8 Å². The minimum absolute atomic E-state index is 0.664. The summed E-state index contributed by atoms with van der Waals surface area (Å²) in [6.45, 7) is 4.54. The number of anilines is 2. The van der Waals surface area contributed by atoms with Gasteiger partial charge in [0.1, 0.15) is 17.4 Å².